The highest BCUT2D eigenvalue weighted by atomic mass is 16.5. The van der Waals surface area contributed by atoms with Gasteiger partial charge in [-0.3, -0.25) is 9.69 Å². The summed E-state index contributed by atoms with van der Waals surface area (Å²) in [6, 6.07) is 14.9. The fourth-order valence-electron chi connectivity index (χ4n) is 4.93. The number of carbonyl (C=O) groups is 1. The molecule has 190 valence electrons. The number of rotatable bonds is 5. The molecule has 2 bridgehead atoms. The van der Waals surface area contributed by atoms with Crippen LogP contribution in [0, 0.1) is 0 Å². The van der Waals surface area contributed by atoms with E-state index < -0.39 is 0 Å². The van der Waals surface area contributed by atoms with E-state index in [1.165, 1.54) is 11.1 Å². The molecule has 0 aliphatic carbocycles. The van der Waals surface area contributed by atoms with Crippen molar-refractivity contribution in [1.82, 2.24) is 9.80 Å². The lowest BCUT2D eigenvalue weighted by Crippen LogP contribution is -2.41. The third-order valence-corrected chi connectivity index (χ3v) is 6.83. The topological polar surface area (TPSA) is 71.5 Å². The first-order chi connectivity index (χ1) is 17.2. The molecule has 1 amide bonds. The molecule has 2 aromatic rings. The molecular formula is C28H38N2O5. The van der Waals surface area contributed by atoms with Gasteiger partial charge in [0.1, 0.15) is 12.4 Å². The predicted octanol–water partition coefficient (Wildman–Crippen LogP) is 3.12. The highest BCUT2D eigenvalue weighted by molar-refractivity contribution is 5.94. The molecule has 35 heavy (non-hydrogen) atoms. The van der Waals surface area contributed by atoms with Gasteiger partial charge in [0, 0.05) is 57.4 Å². The van der Waals surface area contributed by atoms with Crippen LogP contribution in [0.25, 0.3) is 0 Å². The number of fused-ring (bicyclic) bond motifs is 3. The van der Waals surface area contributed by atoms with Gasteiger partial charge in [-0.25, -0.2) is 0 Å². The van der Waals surface area contributed by atoms with Gasteiger partial charge < -0.3 is 24.2 Å². The van der Waals surface area contributed by atoms with Crippen LogP contribution in [0.15, 0.2) is 42.5 Å². The van der Waals surface area contributed by atoms with Crippen LogP contribution < -0.4 is 4.74 Å². The van der Waals surface area contributed by atoms with E-state index in [0.29, 0.717) is 50.9 Å². The first kappa shape index (κ1) is 25.6. The minimum atomic E-state index is -0.0760. The quantitative estimate of drug-likeness (QED) is 0.706. The molecule has 0 unspecified atom stereocenters. The van der Waals surface area contributed by atoms with Crippen molar-refractivity contribution in [3.63, 3.8) is 0 Å². The molecule has 0 spiro atoms. The van der Waals surface area contributed by atoms with Crippen molar-refractivity contribution in [3.8, 4) is 5.75 Å². The predicted molar refractivity (Wildman–Crippen MR) is 135 cm³/mol. The van der Waals surface area contributed by atoms with Crippen molar-refractivity contribution in [1.29, 1.82) is 0 Å². The second kappa shape index (κ2) is 13.0. The molecule has 0 atom stereocenters. The Hall–Kier alpha value is -2.45. The maximum atomic E-state index is 13.0. The fraction of sp³-hybridized carbons (Fsp3) is 0.536. The number of aliphatic hydroxyl groups excluding tert-OH is 1. The van der Waals surface area contributed by atoms with Gasteiger partial charge >= 0.3 is 0 Å². The molecule has 2 aliphatic rings. The van der Waals surface area contributed by atoms with E-state index in [2.05, 4.69) is 29.2 Å². The summed E-state index contributed by atoms with van der Waals surface area (Å²) in [7, 11) is 0. The van der Waals surface area contributed by atoms with E-state index in [9.17, 15) is 9.90 Å². The number of benzene rings is 2. The molecule has 0 aromatic heterocycles. The normalized spacial score (nSPS) is 18.2. The summed E-state index contributed by atoms with van der Waals surface area (Å²) in [4.78, 5) is 17.2. The number of amides is 1. The lowest BCUT2D eigenvalue weighted by Gasteiger charge is -2.34. The number of hydrogen-bond donors (Lipinski definition) is 1. The number of nitrogens with zero attached hydrogens (tertiary/aromatic N) is 2. The molecule has 1 N–H and O–H groups in total. The van der Waals surface area contributed by atoms with E-state index in [1.807, 2.05) is 25.1 Å². The Kier molecular flexibility index (Phi) is 9.54. The summed E-state index contributed by atoms with van der Waals surface area (Å²) in [6.07, 6.45) is 2.78. The number of hydrogen-bond acceptors (Lipinski definition) is 6. The molecule has 7 nitrogen and oxygen atoms in total. The summed E-state index contributed by atoms with van der Waals surface area (Å²) < 4.78 is 17.6. The SMILES string of the molecule is CCN(CCO)C(=O)c1ccc2c(c1)Cc1cccc(c1)CN(C1CCOCC1)CCOCCO2. The van der Waals surface area contributed by atoms with Gasteiger partial charge in [-0.15, -0.1) is 0 Å². The molecule has 0 saturated carbocycles. The van der Waals surface area contributed by atoms with Crippen LogP contribution in [0.5, 0.6) is 5.75 Å². The van der Waals surface area contributed by atoms with Crippen LogP contribution in [0.2, 0.25) is 0 Å². The van der Waals surface area contributed by atoms with Crippen molar-refractivity contribution in [2.45, 2.75) is 38.8 Å². The Morgan fingerprint density at radius 3 is 2.63 bits per heavy atom. The molecule has 2 aliphatic heterocycles. The summed E-state index contributed by atoms with van der Waals surface area (Å²) in [6.45, 7) is 7.81. The van der Waals surface area contributed by atoms with E-state index in [1.54, 1.807) is 4.90 Å². The Morgan fingerprint density at radius 1 is 1.03 bits per heavy atom. The zero-order valence-electron chi connectivity index (χ0n) is 20.8. The summed E-state index contributed by atoms with van der Waals surface area (Å²) in [5, 5.41) is 9.32. The standard InChI is InChI=1S/C28H38N2O5/c1-2-29(10-12-31)28(32)24-6-7-27-25(20-24)19-22-4-3-5-23(18-22)21-30(11-15-34-16-17-35-27)26-8-13-33-14-9-26/h3-7,18,20,26,31H,2,8-17,19,21H2,1H3. The number of likely N-dealkylation sites (N-methyl/N-ethyl adjacent to an activating group) is 1. The van der Waals surface area contributed by atoms with E-state index in [0.717, 1.165) is 50.5 Å². The first-order valence-electron chi connectivity index (χ1n) is 12.8. The largest absolute Gasteiger partial charge is 0.491 e. The van der Waals surface area contributed by atoms with Gasteiger partial charge in [0.05, 0.1) is 19.8 Å². The summed E-state index contributed by atoms with van der Waals surface area (Å²) in [5.74, 6) is 0.703. The van der Waals surface area contributed by atoms with Gasteiger partial charge in [-0.1, -0.05) is 24.3 Å². The minimum Gasteiger partial charge on any atom is -0.491 e. The summed E-state index contributed by atoms with van der Waals surface area (Å²) in [5.41, 5.74) is 4.06. The highest BCUT2D eigenvalue weighted by Gasteiger charge is 2.22. The van der Waals surface area contributed by atoms with Crippen molar-refractivity contribution in [2.24, 2.45) is 0 Å². The van der Waals surface area contributed by atoms with E-state index >= 15 is 0 Å². The molecule has 2 aromatic carbocycles. The lowest BCUT2D eigenvalue weighted by atomic mass is 9.99. The van der Waals surface area contributed by atoms with Crippen LogP contribution in [-0.2, 0) is 22.4 Å². The molecule has 1 saturated heterocycles. The Bertz CT molecular complexity index is 960. The smallest absolute Gasteiger partial charge is 0.253 e. The number of aliphatic hydroxyl groups is 1. The van der Waals surface area contributed by atoms with Crippen LogP contribution in [0.1, 0.15) is 46.8 Å². The van der Waals surface area contributed by atoms with Crippen LogP contribution in [-0.4, -0.2) is 86.1 Å². The van der Waals surface area contributed by atoms with Crippen molar-refractivity contribution in [3.05, 3.63) is 64.7 Å². The Balaban J connectivity index is 1.59. The van der Waals surface area contributed by atoms with Gasteiger partial charge in [-0.05, 0) is 54.7 Å². The maximum Gasteiger partial charge on any atom is 0.253 e. The monoisotopic (exact) mass is 482 g/mol. The molecule has 4 rings (SSSR count). The van der Waals surface area contributed by atoms with Crippen molar-refractivity contribution < 1.29 is 24.1 Å². The van der Waals surface area contributed by atoms with Crippen LogP contribution in [0.4, 0.5) is 0 Å². The lowest BCUT2D eigenvalue weighted by molar-refractivity contribution is 0.0133. The first-order valence-corrected chi connectivity index (χ1v) is 12.8. The second-order valence-electron chi connectivity index (χ2n) is 9.20. The van der Waals surface area contributed by atoms with Crippen LogP contribution >= 0.6 is 0 Å². The van der Waals surface area contributed by atoms with Gasteiger partial charge in [-0.2, -0.15) is 0 Å². The number of ether oxygens (including phenoxy) is 3. The average molecular weight is 483 g/mol. The minimum absolute atomic E-state index is 0.0503. The van der Waals surface area contributed by atoms with E-state index in [-0.39, 0.29) is 12.5 Å². The van der Waals surface area contributed by atoms with Crippen molar-refractivity contribution in [2.75, 3.05) is 59.3 Å². The highest BCUT2D eigenvalue weighted by Crippen LogP contribution is 2.26. The van der Waals surface area contributed by atoms with Crippen molar-refractivity contribution >= 4 is 5.91 Å². The fourth-order valence-corrected chi connectivity index (χ4v) is 4.93. The second-order valence-corrected chi connectivity index (χ2v) is 9.20. The number of carbonyl (C=O) groups excluding carboxylic acids is 1. The van der Waals surface area contributed by atoms with Gasteiger partial charge in [0.25, 0.3) is 5.91 Å². The molecule has 7 heteroatoms. The third-order valence-electron chi connectivity index (χ3n) is 6.83. The molecule has 0 radical (unpaired) electrons. The molecule has 2 heterocycles. The Labute approximate surface area is 208 Å². The third kappa shape index (κ3) is 7.04. The van der Waals surface area contributed by atoms with E-state index in [4.69, 9.17) is 14.2 Å². The molecule has 1 fully saturated rings. The van der Waals surface area contributed by atoms with Crippen LogP contribution in [0.3, 0.4) is 0 Å². The summed E-state index contributed by atoms with van der Waals surface area (Å²) >= 11 is 0. The maximum absolute atomic E-state index is 13.0. The average Bonchev–Trinajstić information content (AvgIpc) is 2.89. The molecular weight excluding hydrogens is 444 g/mol. The van der Waals surface area contributed by atoms with Gasteiger partial charge in [0.15, 0.2) is 0 Å². The van der Waals surface area contributed by atoms with Gasteiger partial charge in [0.2, 0.25) is 0 Å². The Morgan fingerprint density at radius 2 is 1.83 bits per heavy atom. The zero-order chi connectivity index (χ0) is 24.5. The zero-order valence-corrected chi connectivity index (χ0v) is 20.8.